The van der Waals surface area contributed by atoms with Gasteiger partial charge in [-0.05, 0) is 48.0 Å². The first-order chi connectivity index (χ1) is 14.1. The molecule has 148 valence electrons. The van der Waals surface area contributed by atoms with E-state index >= 15 is 0 Å². The summed E-state index contributed by atoms with van der Waals surface area (Å²) in [6, 6.07) is 20.7. The summed E-state index contributed by atoms with van der Waals surface area (Å²) in [6.07, 6.45) is 3.20. The minimum absolute atomic E-state index is 0.157. The van der Waals surface area contributed by atoms with Gasteiger partial charge in [-0.25, -0.2) is 0 Å². The van der Waals surface area contributed by atoms with Crippen LogP contribution in [0.15, 0.2) is 77.3 Å². The first-order valence-corrected chi connectivity index (χ1v) is 9.81. The Morgan fingerprint density at radius 3 is 2.28 bits per heavy atom. The highest BCUT2D eigenvalue weighted by Crippen LogP contribution is 2.30. The molecule has 0 amide bonds. The molecular formula is C24H21BrO4. The summed E-state index contributed by atoms with van der Waals surface area (Å²) in [6.45, 7) is 0.435. The largest absolute Gasteiger partial charge is 0.496 e. The summed E-state index contributed by atoms with van der Waals surface area (Å²) in [7, 11) is 3.16. The van der Waals surface area contributed by atoms with Crippen LogP contribution in [0.1, 0.15) is 21.5 Å². The van der Waals surface area contributed by atoms with Crippen LogP contribution in [-0.2, 0) is 6.61 Å². The number of allylic oxidation sites excluding steroid dienone is 1. The van der Waals surface area contributed by atoms with Crippen molar-refractivity contribution >= 4 is 27.8 Å². The third-order valence-corrected chi connectivity index (χ3v) is 5.01. The molecule has 4 nitrogen and oxygen atoms in total. The smallest absolute Gasteiger partial charge is 0.187 e. The lowest BCUT2D eigenvalue weighted by Gasteiger charge is -2.10. The zero-order chi connectivity index (χ0) is 20.6. The van der Waals surface area contributed by atoms with Crippen molar-refractivity contribution in [2.45, 2.75) is 6.61 Å². The van der Waals surface area contributed by atoms with E-state index in [9.17, 15) is 4.79 Å². The first kappa shape index (κ1) is 20.7. The average molecular weight is 453 g/mol. The van der Waals surface area contributed by atoms with E-state index in [0.29, 0.717) is 39.5 Å². The lowest BCUT2D eigenvalue weighted by Crippen LogP contribution is -2.00. The molecule has 0 fully saturated rings. The molecule has 29 heavy (non-hydrogen) atoms. The Kier molecular flexibility index (Phi) is 7.09. The third kappa shape index (κ3) is 5.27. The number of halogens is 1. The van der Waals surface area contributed by atoms with E-state index < -0.39 is 0 Å². The number of methoxy groups -OCH3 is 2. The van der Waals surface area contributed by atoms with Gasteiger partial charge in [0.05, 0.1) is 19.8 Å². The summed E-state index contributed by atoms with van der Waals surface area (Å²) >= 11 is 3.45. The molecule has 0 aliphatic carbocycles. The van der Waals surface area contributed by atoms with Crippen molar-refractivity contribution in [3.05, 3.63) is 94.0 Å². The van der Waals surface area contributed by atoms with Crippen LogP contribution in [0.5, 0.6) is 17.2 Å². The highest BCUT2D eigenvalue weighted by Gasteiger charge is 2.11. The molecular weight excluding hydrogens is 432 g/mol. The SMILES string of the molecule is COc1cccc(OC)c1/C=C/C(=O)c1cc(OCc2ccccc2)ccc1Br. The van der Waals surface area contributed by atoms with E-state index in [4.69, 9.17) is 14.2 Å². The summed E-state index contributed by atoms with van der Waals surface area (Å²) in [5, 5.41) is 0. The molecule has 5 heteroatoms. The Morgan fingerprint density at radius 2 is 1.62 bits per heavy atom. The van der Waals surface area contributed by atoms with Gasteiger partial charge in [0, 0.05) is 10.0 Å². The van der Waals surface area contributed by atoms with Crippen molar-refractivity contribution in [3.63, 3.8) is 0 Å². The van der Waals surface area contributed by atoms with Crippen LogP contribution in [0.25, 0.3) is 6.08 Å². The molecule has 3 rings (SSSR count). The number of carbonyl (C=O) groups excluding carboxylic acids is 1. The molecule has 3 aromatic rings. The average Bonchev–Trinajstić information content (AvgIpc) is 2.77. The van der Waals surface area contributed by atoms with Crippen molar-refractivity contribution < 1.29 is 19.0 Å². The van der Waals surface area contributed by atoms with Gasteiger partial charge in [-0.2, -0.15) is 0 Å². The predicted molar refractivity (Wildman–Crippen MR) is 118 cm³/mol. The van der Waals surface area contributed by atoms with Gasteiger partial charge in [-0.3, -0.25) is 4.79 Å². The number of hydrogen-bond acceptors (Lipinski definition) is 4. The van der Waals surface area contributed by atoms with E-state index in [0.717, 1.165) is 5.56 Å². The van der Waals surface area contributed by atoms with E-state index in [1.165, 1.54) is 6.08 Å². The van der Waals surface area contributed by atoms with Gasteiger partial charge in [0.1, 0.15) is 23.9 Å². The van der Waals surface area contributed by atoms with Gasteiger partial charge in [0.25, 0.3) is 0 Å². The Morgan fingerprint density at radius 1 is 0.931 bits per heavy atom. The summed E-state index contributed by atoms with van der Waals surface area (Å²) < 4.78 is 17.3. The fourth-order valence-electron chi connectivity index (χ4n) is 2.82. The molecule has 0 bridgehead atoms. The summed E-state index contributed by atoms with van der Waals surface area (Å²) in [4.78, 5) is 12.8. The van der Waals surface area contributed by atoms with Crippen LogP contribution in [-0.4, -0.2) is 20.0 Å². The fraction of sp³-hybridized carbons (Fsp3) is 0.125. The molecule has 0 N–H and O–H groups in total. The minimum Gasteiger partial charge on any atom is -0.496 e. The van der Waals surface area contributed by atoms with Gasteiger partial charge < -0.3 is 14.2 Å². The van der Waals surface area contributed by atoms with Gasteiger partial charge in [0.2, 0.25) is 0 Å². The molecule has 0 atom stereocenters. The first-order valence-electron chi connectivity index (χ1n) is 9.02. The molecule has 0 saturated carbocycles. The normalized spacial score (nSPS) is 10.7. The van der Waals surface area contributed by atoms with E-state index in [2.05, 4.69) is 15.9 Å². The second kappa shape index (κ2) is 9.94. The minimum atomic E-state index is -0.157. The van der Waals surface area contributed by atoms with E-state index in [1.807, 2.05) is 60.7 Å². The number of carbonyl (C=O) groups is 1. The van der Waals surface area contributed by atoms with Crippen molar-refractivity contribution in [2.24, 2.45) is 0 Å². The molecule has 0 aromatic heterocycles. The van der Waals surface area contributed by atoms with Crippen LogP contribution in [0, 0.1) is 0 Å². The highest BCUT2D eigenvalue weighted by atomic mass is 79.9. The highest BCUT2D eigenvalue weighted by molar-refractivity contribution is 9.10. The van der Waals surface area contributed by atoms with E-state index in [-0.39, 0.29) is 5.78 Å². The van der Waals surface area contributed by atoms with Crippen LogP contribution in [0.3, 0.4) is 0 Å². The Labute approximate surface area is 178 Å². The maximum absolute atomic E-state index is 12.8. The zero-order valence-corrected chi connectivity index (χ0v) is 17.8. The van der Waals surface area contributed by atoms with Crippen LogP contribution in [0.4, 0.5) is 0 Å². The van der Waals surface area contributed by atoms with Crippen molar-refractivity contribution in [2.75, 3.05) is 14.2 Å². The Balaban J connectivity index is 1.80. The lowest BCUT2D eigenvalue weighted by molar-refractivity contribution is 0.104. The molecule has 0 aliphatic heterocycles. The molecule has 0 aliphatic rings. The maximum Gasteiger partial charge on any atom is 0.187 e. The molecule has 3 aromatic carbocycles. The number of ketones is 1. The Bertz CT molecular complexity index is 990. The molecule has 0 spiro atoms. The fourth-order valence-corrected chi connectivity index (χ4v) is 3.26. The summed E-state index contributed by atoms with van der Waals surface area (Å²) in [5.41, 5.74) is 2.28. The van der Waals surface area contributed by atoms with Crippen molar-refractivity contribution in [1.29, 1.82) is 0 Å². The lowest BCUT2D eigenvalue weighted by atomic mass is 10.1. The van der Waals surface area contributed by atoms with Crippen molar-refractivity contribution in [3.8, 4) is 17.2 Å². The summed E-state index contributed by atoms with van der Waals surface area (Å²) in [5.74, 6) is 1.73. The number of hydrogen-bond donors (Lipinski definition) is 0. The van der Waals surface area contributed by atoms with E-state index in [1.54, 1.807) is 26.4 Å². The molecule has 0 unspecified atom stereocenters. The molecule has 0 heterocycles. The number of rotatable bonds is 8. The quantitative estimate of drug-likeness (QED) is 0.313. The maximum atomic E-state index is 12.8. The molecule has 0 radical (unpaired) electrons. The monoisotopic (exact) mass is 452 g/mol. The van der Waals surface area contributed by atoms with Crippen molar-refractivity contribution in [1.82, 2.24) is 0 Å². The van der Waals surface area contributed by atoms with Gasteiger partial charge in [-0.1, -0.05) is 52.3 Å². The van der Waals surface area contributed by atoms with Gasteiger partial charge in [0.15, 0.2) is 5.78 Å². The topological polar surface area (TPSA) is 44.8 Å². The van der Waals surface area contributed by atoms with Crippen LogP contribution < -0.4 is 14.2 Å². The van der Waals surface area contributed by atoms with Crippen LogP contribution in [0.2, 0.25) is 0 Å². The van der Waals surface area contributed by atoms with Crippen LogP contribution >= 0.6 is 15.9 Å². The zero-order valence-electron chi connectivity index (χ0n) is 16.2. The number of ether oxygens (including phenoxy) is 3. The Hall–Kier alpha value is -3.05. The standard InChI is InChI=1S/C24H21BrO4/c1-27-23-9-6-10-24(28-2)19(23)12-14-22(26)20-15-18(11-13-21(20)25)29-16-17-7-4-3-5-8-17/h3-15H,16H2,1-2H3/b14-12+. The van der Waals surface area contributed by atoms with Gasteiger partial charge >= 0.3 is 0 Å². The second-order valence-electron chi connectivity index (χ2n) is 6.19. The second-order valence-corrected chi connectivity index (χ2v) is 7.04. The molecule has 0 saturated heterocycles. The number of benzene rings is 3. The predicted octanol–water partition coefficient (Wildman–Crippen LogP) is 5.94. The van der Waals surface area contributed by atoms with Gasteiger partial charge in [-0.15, -0.1) is 0 Å². The third-order valence-electron chi connectivity index (χ3n) is 4.32.